The van der Waals surface area contributed by atoms with Gasteiger partial charge in [0.15, 0.2) is 0 Å². The Labute approximate surface area is 258 Å². The molecule has 9 rings (SSSR count). The normalized spacial score (nSPS) is 17.0. The maximum atomic E-state index is 9.79. The lowest BCUT2D eigenvalue weighted by Crippen LogP contribution is -1.91. The summed E-state index contributed by atoms with van der Waals surface area (Å²) in [7, 11) is 0. The lowest BCUT2D eigenvalue weighted by atomic mass is 9.84. The Morgan fingerprint density at radius 3 is 1.88 bits per heavy atom. The van der Waals surface area contributed by atoms with Crippen molar-refractivity contribution in [3.05, 3.63) is 145 Å². The van der Waals surface area contributed by atoms with Crippen LogP contribution in [0, 0.1) is 0 Å². The Bertz CT molecular complexity index is 3230. The number of hydrogen-bond donors (Lipinski definition) is 0. The molecule has 1 heteroatoms. The van der Waals surface area contributed by atoms with Gasteiger partial charge in [-0.25, -0.2) is 0 Å². The maximum Gasteiger partial charge on any atom is 0.136 e. The molecule has 1 nitrogen and oxygen atoms in total. The smallest absolute Gasteiger partial charge is 0.136 e. The number of fused-ring (bicyclic) bond motifs is 8. The molecule has 0 atom stereocenters. The van der Waals surface area contributed by atoms with E-state index in [1.807, 2.05) is 18.2 Å². The van der Waals surface area contributed by atoms with E-state index in [9.17, 15) is 9.60 Å². The van der Waals surface area contributed by atoms with Crippen molar-refractivity contribution >= 4 is 65.0 Å². The monoisotopic (exact) mass is 535 g/mol. The molecule has 0 bridgehead atoms. The van der Waals surface area contributed by atoms with Crippen LogP contribution in [0.3, 0.4) is 0 Å². The van der Waals surface area contributed by atoms with Gasteiger partial charge in [-0.15, -0.1) is 0 Å². The van der Waals surface area contributed by atoms with Gasteiger partial charge in [0.2, 0.25) is 0 Å². The summed E-state index contributed by atoms with van der Waals surface area (Å²) in [4.78, 5) is 0. The number of hydrogen-bond acceptors (Lipinski definition) is 1. The summed E-state index contributed by atoms with van der Waals surface area (Å²) in [6, 6.07) is 7.01. The number of furan rings is 1. The largest absolute Gasteiger partial charge is 0.456 e. The molecule has 8 aromatic carbocycles. The Morgan fingerprint density at radius 2 is 1.10 bits per heavy atom. The topological polar surface area (TPSA) is 13.1 Å². The van der Waals surface area contributed by atoms with Crippen LogP contribution in [0.5, 0.6) is 0 Å². The lowest BCUT2D eigenvalue weighted by Gasteiger charge is -2.18. The van der Waals surface area contributed by atoms with Gasteiger partial charge in [-0.3, -0.25) is 0 Å². The summed E-state index contributed by atoms with van der Waals surface area (Å²) in [5, 5.41) is 0.684. The first-order valence-electron chi connectivity index (χ1n) is 20.4. The first-order chi connectivity index (χ1) is 26.6. The first-order valence-corrected chi connectivity index (χ1v) is 12.9. The SMILES string of the molecule is [2H]c1c([2H])c([2H])c2c(ccc3oc4c([2H])c([2H])c(-c5c6c([2H])c([2H])c([2H])c([2H])c6c(-c6cccc7ccccc67)c6c([2H])c([2H])c([2H])c([2H])c56)c([2H])c4c32)c1[2H]. The Hall–Kier alpha value is -5.40. The summed E-state index contributed by atoms with van der Waals surface area (Å²) < 4.78 is 141. The molecule has 0 N–H and O–H groups in total. The fourth-order valence-corrected chi connectivity index (χ4v) is 5.81. The van der Waals surface area contributed by atoms with Gasteiger partial charge in [-0.1, -0.05) is 127 Å². The van der Waals surface area contributed by atoms with Crippen LogP contribution >= 0.6 is 0 Å². The molecule has 0 saturated heterocycles. The molecule has 41 heavy (non-hydrogen) atoms. The average Bonchev–Trinajstić information content (AvgIpc) is 3.60. The van der Waals surface area contributed by atoms with E-state index >= 15 is 0 Å². The molecule has 190 valence electrons. The molecule has 0 fully saturated rings. The van der Waals surface area contributed by atoms with Gasteiger partial charge in [0.05, 0.1) is 20.6 Å². The van der Waals surface area contributed by atoms with Crippen molar-refractivity contribution in [3.63, 3.8) is 0 Å². The van der Waals surface area contributed by atoms with E-state index in [1.54, 1.807) is 24.3 Å². The molecule has 0 saturated carbocycles. The van der Waals surface area contributed by atoms with Gasteiger partial charge in [0.1, 0.15) is 11.2 Å². The molecular formula is C40H24O. The van der Waals surface area contributed by atoms with Crippen molar-refractivity contribution in [1.82, 2.24) is 0 Å². The predicted octanol–water partition coefficient (Wildman–Crippen LogP) is 11.5. The van der Waals surface area contributed by atoms with E-state index in [4.69, 9.17) is 15.4 Å². The van der Waals surface area contributed by atoms with Crippen LogP contribution in [-0.2, 0) is 0 Å². The van der Waals surface area contributed by atoms with E-state index < -0.39 is 90.2 Å². The van der Waals surface area contributed by atoms with Crippen molar-refractivity contribution < 1.29 is 25.0 Å². The predicted molar refractivity (Wildman–Crippen MR) is 175 cm³/mol. The maximum absolute atomic E-state index is 9.79. The highest BCUT2D eigenvalue weighted by atomic mass is 16.3. The highest BCUT2D eigenvalue weighted by Gasteiger charge is 2.19. The highest BCUT2D eigenvalue weighted by Crippen LogP contribution is 2.46. The minimum atomic E-state index is -0.672. The van der Waals surface area contributed by atoms with Gasteiger partial charge in [-0.05, 0) is 83.5 Å². The Kier molecular flexibility index (Phi) is 2.59. The van der Waals surface area contributed by atoms with Crippen molar-refractivity contribution in [2.75, 3.05) is 0 Å². The summed E-state index contributed by atoms with van der Waals surface area (Å²) in [5.41, 5.74) is -0.368. The molecule has 1 heterocycles. The third-order valence-electron chi connectivity index (χ3n) is 7.54. The fourth-order valence-electron chi connectivity index (χ4n) is 5.81. The molecular weight excluding hydrogens is 496 g/mol. The third kappa shape index (κ3) is 3.24. The quantitative estimate of drug-likeness (QED) is 0.201. The third-order valence-corrected chi connectivity index (χ3v) is 7.54. The van der Waals surface area contributed by atoms with Crippen molar-refractivity contribution in [2.24, 2.45) is 0 Å². The van der Waals surface area contributed by atoms with Crippen LogP contribution in [0.4, 0.5) is 0 Å². The molecule has 0 aliphatic heterocycles. The van der Waals surface area contributed by atoms with Crippen molar-refractivity contribution in [3.8, 4) is 22.3 Å². The molecule has 0 radical (unpaired) electrons. The Morgan fingerprint density at radius 1 is 0.439 bits per heavy atom. The molecule has 1 aromatic heterocycles. The van der Waals surface area contributed by atoms with E-state index in [-0.39, 0.29) is 71.4 Å². The average molecular weight is 536 g/mol. The lowest BCUT2D eigenvalue weighted by molar-refractivity contribution is 0.669. The van der Waals surface area contributed by atoms with Crippen LogP contribution in [-0.4, -0.2) is 0 Å². The zero-order valence-electron chi connectivity index (χ0n) is 36.1. The van der Waals surface area contributed by atoms with E-state index in [0.29, 0.717) is 10.9 Å². The summed E-state index contributed by atoms with van der Waals surface area (Å²) in [6.07, 6.45) is 0. The summed E-state index contributed by atoms with van der Waals surface area (Å²) in [5.74, 6) is 0. The van der Waals surface area contributed by atoms with Gasteiger partial charge < -0.3 is 4.42 Å². The molecule has 0 spiro atoms. The molecule has 0 amide bonds. The molecule has 0 unspecified atom stereocenters. The Balaban J connectivity index is 1.62. The second-order valence-corrected chi connectivity index (χ2v) is 9.69. The van der Waals surface area contributed by atoms with Gasteiger partial charge in [-0.2, -0.15) is 0 Å². The van der Waals surface area contributed by atoms with Crippen LogP contribution in [0.2, 0.25) is 0 Å². The minimum absolute atomic E-state index is 0.00585. The van der Waals surface area contributed by atoms with Crippen molar-refractivity contribution in [2.45, 2.75) is 0 Å². The van der Waals surface area contributed by atoms with Crippen LogP contribution in [0.1, 0.15) is 20.6 Å². The minimum Gasteiger partial charge on any atom is -0.456 e. The summed E-state index contributed by atoms with van der Waals surface area (Å²) >= 11 is 0. The zero-order chi connectivity index (χ0) is 40.0. The summed E-state index contributed by atoms with van der Waals surface area (Å²) in [6.45, 7) is 0. The van der Waals surface area contributed by atoms with Crippen LogP contribution in [0.15, 0.2) is 150 Å². The second kappa shape index (κ2) is 8.55. The standard InChI is InChI=1S/C40H24O/c1-3-13-28-25(10-1)12-9-19-30(28)39-33-17-7-5-15-31(33)38(32-16-6-8-18-34(32)39)27-21-22-36-35(24-27)40-29-14-4-2-11-26(29)20-23-37(40)41-36/h1-24H/i2D,4D,5D,6D,7D,8D,11D,14D,15D,16D,17D,18D,21D,22D,24D. The van der Waals surface area contributed by atoms with Crippen molar-refractivity contribution in [1.29, 1.82) is 0 Å². The van der Waals surface area contributed by atoms with Gasteiger partial charge >= 0.3 is 0 Å². The second-order valence-electron chi connectivity index (χ2n) is 9.69. The molecule has 0 aliphatic carbocycles. The van der Waals surface area contributed by atoms with E-state index in [1.165, 1.54) is 12.1 Å². The van der Waals surface area contributed by atoms with Crippen LogP contribution in [0.25, 0.3) is 87.3 Å². The zero-order valence-corrected chi connectivity index (χ0v) is 21.1. The van der Waals surface area contributed by atoms with E-state index in [0.717, 1.165) is 5.39 Å². The number of rotatable bonds is 2. The molecule has 9 aromatic rings. The van der Waals surface area contributed by atoms with Crippen LogP contribution < -0.4 is 0 Å². The van der Waals surface area contributed by atoms with Gasteiger partial charge in [0.25, 0.3) is 0 Å². The highest BCUT2D eigenvalue weighted by molar-refractivity contribution is 6.25. The van der Waals surface area contributed by atoms with Gasteiger partial charge in [0, 0.05) is 10.8 Å². The van der Waals surface area contributed by atoms with E-state index in [2.05, 4.69) is 0 Å². The fraction of sp³-hybridized carbons (Fsp3) is 0. The molecule has 0 aliphatic rings. The first kappa shape index (κ1) is 12.4. The number of benzene rings is 8.